The molecule has 0 unspecified atom stereocenters. The molecule has 1 rings (SSSR count). The number of carboxylic acid groups (broad SMARTS) is 1. The van der Waals surface area contributed by atoms with Gasteiger partial charge in [-0.1, -0.05) is 6.42 Å². The van der Waals surface area contributed by atoms with Crippen LogP contribution in [0.1, 0.15) is 38.5 Å². The first-order valence-corrected chi connectivity index (χ1v) is 6.70. The molecule has 0 radical (unpaired) electrons. The second-order valence-electron chi connectivity index (χ2n) is 5.24. The maximum atomic E-state index is 10.3. The van der Waals surface area contributed by atoms with E-state index in [1.165, 1.54) is 25.9 Å². The van der Waals surface area contributed by atoms with E-state index in [1.54, 1.807) is 0 Å². The molecule has 4 nitrogen and oxygen atoms in total. The van der Waals surface area contributed by atoms with Crippen molar-refractivity contribution < 1.29 is 9.90 Å². The summed E-state index contributed by atoms with van der Waals surface area (Å²) < 4.78 is 0. The van der Waals surface area contributed by atoms with E-state index in [-0.39, 0.29) is 0 Å². The SMILES string of the molecule is CN(C)C1CCN(CCCCCC(=O)O)CC1. The monoisotopic (exact) mass is 242 g/mol. The highest BCUT2D eigenvalue weighted by Gasteiger charge is 2.19. The molecule has 1 fully saturated rings. The largest absolute Gasteiger partial charge is 0.481 e. The van der Waals surface area contributed by atoms with Gasteiger partial charge in [-0.05, 0) is 59.4 Å². The zero-order valence-electron chi connectivity index (χ0n) is 11.2. The quantitative estimate of drug-likeness (QED) is 0.690. The van der Waals surface area contributed by atoms with Crippen molar-refractivity contribution in [1.29, 1.82) is 0 Å². The van der Waals surface area contributed by atoms with E-state index in [9.17, 15) is 4.79 Å². The third-order valence-corrected chi connectivity index (χ3v) is 3.65. The number of carboxylic acids is 1. The number of rotatable bonds is 7. The minimum absolute atomic E-state index is 0.322. The van der Waals surface area contributed by atoms with Crippen molar-refractivity contribution in [3.63, 3.8) is 0 Å². The first kappa shape index (κ1) is 14.5. The van der Waals surface area contributed by atoms with Gasteiger partial charge < -0.3 is 14.9 Å². The van der Waals surface area contributed by atoms with Crippen LogP contribution in [0.5, 0.6) is 0 Å². The van der Waals surface area contributed by atoms with Gasteiger partial charge in [0, 0.05) is 12.5 Å². The van der Waals surface area contributed by atoms with Crippen LogP contribution in [0, 0.1) is 0 Å². The molecule has 1 N–H and O–H groups in total. The zero-order valence-corrected chi connectivity index (χ0v) is 11.2. The molecule has 1 aliphatic heterocycles. The molecule has 1 aliphatic rings. The van der Waals surface area contributed by atoms with E-state index < -0.39 is 5.97 Å². The zero-order chi connectivity index (χ0) is 12.7. The molecule has 17 heavy (non-hydrogen) atoms. The average Bonchev–Trinajstić information content (AvgIpc) is 2.29. The van der Waals surface area contributed by atoms with Crippen molar-refractivity contribution in [2.45, 2.75) is 44.6 Å². The summed E-state index contributed by atoms with van der Waals surface area (Å²) in [5.41, 5.74) is 0. The van der Waals surface area contributed by atoms with Crippen LogP contribution in [0.2, 0.25) is 0 Å². The van der Waals surface area contributed by atoms with Gasteiger partial charge in [0.15, 0.2) is 0 Å². The van der Waals surface area contributed by atoms with Gasteiger partial charge in [0.25, 0.3) is 0 Å². The first-order chi connectivity index (χ1) is 8.09. The highest BCUT2D eigenvalue weighted by atomic mass is 16.4. The standard InChI is InChI=1S/C13H26N2O2/c1-14(2)12-7-10-15(11-8-12)9-5-3-4-6-13(16)17/h12H,3-11H2,1-2H3,(H,16,17). The molecule has 0 aliphatic carbocycles. The van der Waals surface area contributed by atoms with Gasteiger partial charge in [-0.15, -0.1) is 0 Å². The Kier molecular flexibility index (Phi) is 6.52. The fraction of sp³-hybridized carbons (Fsp3) is 0.923. The second-order valence-corrected chi connectivity index (χ2v) is 5.24. The van der Waals surface area contributed by atoms with Crippen molar-refractivity contribution in [1.82, 2.24) is 9.80 Å². The smallest absolute Gasteiger partial charge is 0.303 e. The Morgan fingerprint density at radius 3 is 2.41 bits per heavy atom. The second kappa shape index (κ2) is 7.67. The van der Waals surface area contributed by atoms with E-state index in [0.717, 1.165) is 31.8 Å². The average molecular weight is 242 g/mol. The summed E-state index contributed by atoms with van der Waals surface area (Å²) in [6, 6.07) is 0.748. The molecule has 0 aromatic heterocycles. The molecular formula is C13H26N2O2. The molecule has 4 heteroatoms. The number of carbonyl (C=O) groups is 1. The number of unbranched alkanes of at least 4 members (excludes halogenated alkanes) is 2. The van der Waals surface area contributed by atoms with Crippen molar-refractivity contribution in [2.24, 2.45) is 0 Å². The van der Waals surface area contributed by atoms with Crippen LogP contribution in [0.4, 0.5) is 0 Å². The Morgan fingerprint density at radius 1 is 1.24 bits per heavy atom. The summed E-state index contributed by atoms with van der Waals surface area (Å²) in [5, 5.41) is 8.53. The summed E-state index contributed by atoms with van der Waals surface area (Å²) in [6.45, 7) is 3.53. The summed E-state index contributed by atoms with van der Waals surface area (Å²) in [4.78, 5) is 15.2. The highest BCUT2D eigenvalue weighted by Crippen LogP contribution is 2.14. The lowest BCUT2D eigenvalue weighted by molar-refractivity contribution is -0.137. The lowest BCUT2D eigenvalue weighted by Crippen LogP contribution is -2.42. The van der Waals surface area contributed by atoms with Crippen molar-refractivity contribution in [2.75, 3.05) is 33.7 Å². The Bertz CT molecular complexity index is 223. The van der Waals surface area contributed by atoms with E-state index in [4.69, 9.17) is 5.11 Å². The number of likely N-dealkylation sites (tertiary alicyclic amines) is 1. The van der Waals surface area contributed by atoms with Crippen LogP contribution in [-0.2, 0) is 4.79 Å². The lowest BCUT2D eigenvalue weighted by atomic mass is 10.0. The molecular weight excluding hydrogens is 216 g/mol. The van der Waals surface area contributed by atoms with E-state index in [0.29, 0.717) is 6.42 Å². The summed E-state index contributed by atoms with van der Waals surface area (Å²) in [6.07, 6.45) is 5.86. The lowest BCUT2D eigenvalue weighted by Gasteiger charge is -2.35. The number of aliphatic carboxylic acids is 1. The molecule has 0 atom stereocenters. The molecule has 0 bridgehead atoms. The topological polar surface area (TPSA) is 43.8 Å². The molecule has 0 aromatic rings. The molecule has 0 amide bonds. The molecule has 100 valence electrons. The van der Waals surface area contributed by atoms with Gasteiger partial charge in [-0.3, -0.25) is 4.79 Å². The molecule has 0 saturated carbocycles. The number of nitrogens with zero attached hydrogens (tertiary/aromatic N) is 2. The van der Waals surface area contributed by atoms with Gasteiger partial charge in [-0.2, -0.15) is 0 Å². The number of piperidine rings is 1. The summed E-state index contributed by atoms with van der Waals surface area (Å²) in [7, 11) is 4.32. The Hall–Kier alpha value is -0.610. The number of hydrogen-bond donors (Lipinski definition) is 1. The normalized spacial score (nSPS) is 18.8. The maximum Gasteiger partial charge on any atom is 0.303 e. The Labute approximate surface area is 105 Å². The van der Waals surface area contributed by atoms with Gasteiger partial charge in [0.1, 0.15) is 0 Å². The van der Waals surface area contributed by atoms with Gasteiger partial charge in [-0.25, -0.2) is 0 Å². The predicted molar refractivity (Wildman–Crippen MR) is 69.3 cm³/mol. The van der Waals surface area contributed by atoms with Crippen LogP contribution in [0.25, 0.3) is 0 Å². The van der Waals surface area contributed by atoms with E-state index in [2.05, 4.69) is 23.9 Å². The minimum Gasteiger partial charge on any atom is -0.481 e. The van der Waals surface area contributed by atoms with Crippen molar-refractivity contribution in [3.05, 3.63) is 0 Å². The third-order valence-electron chi connectivity index (χ3n) is 3.65. The minimum atomic E-state index is -0.670. The Balaban J connectivity index is 2.01. The molecule has 0 spiro atoms. The molecule has 1 heterocycles. The van der Waals surface area contributed by atoms with Crippen LogP contribution >= 0.6 is 0 Å². The van der Waals surface area contributed by atoms with E-state index in [1.807, 2.05) is 0 Å². The van der Waals surface area contributed by atoms with Gasteiger partial charge in [0.05, 0.1) is 0 Å². The van der Waals surface area contributed by atoms with E-state index >= 15 is 0 Å². The van der Waals surface area contributed by atoms with Crippen LogP contribution in [0.15, 0.2) is 0 Å². The first-order valence-electron chi connectivity index (χ1n) is 6.70. The number of hydrogen-bond acceptors (Lipinski definition) is 3. The highest BCUT2D eigenvalue weighted by molar-refractivity contribution is 5.66. The fourth-order valence-corrected chi connectivity index (χ4v) is 2.45. The Morgan fingerprint density at radius 2 is 1.88 bits per heavy atom. The summed E-state index contributed by atoms with van der Waals surface area (Å²) >= 11 is 0. The fourth-order valence-electron chi connectivity index (χ4n) is 2.45. The van der Waals surface area contributed by atoms with Crippen LogP contribution in [0.3, 0.4) is 0 Å². The van der Waals surface area contributed by atoms with Crippen LogP contribution < -0.4 is 0 Å². The predicted octanol–water partition coefficient (Wildman–Crippen LogP) is 1.66. The third kappa shape index (κ3) is 6.03. The van der Waals surface area contributed by atoms with Gasteiger partial charge >= 0.3 is 5.97 Å². The molecule has 1 saturated heterocycles. The summed E-state index contributed by atoms with van der Waals surface area (Å²) in [5.74, 6) is -0.670. The maximum absolute atomic E-state index is 10.3. The molecule has 0 aromatic carbocycles. The van der Waals surface area contributed by atoms with Crippen molar-refractivity contribution >= 4 is 5.97 Å². The van der Waals surface area contributed by atoms with Crippen molar-refractivity contribution in [3.8, 4) is 0 Å². The van der Waals surface area contributed by atoms with Crippen LogP contribution in [-0.4, -0.2) is 60.6 Å². The van der Waals surface area contributed by atoms with Gasteiger partial charge in [0.2, 0.25) is 0 Å².